The molecule has 3 atom stereocenters. The number of likely N-dealkylation sites (tertiary alicyclic amines) is 1. The number of alkyl halides is 4. The van der Waals surface area contributed by atoms with Crippen molar-refractivity contribution in [2.24, 2.45) is 13.0 Å². The van der Waals surface area contributed by atoms with Crippen LogP contribution in [0.2, 0.25) is 0 Å². The van der Waals surface area contributed by atoms with Crippen molar-refractivity contribution < 1.29 is 37.1 Å². The average molecular weight is 837 g/mol. The Balaban J connectivity index is 0.912. The van der Waals surface area contributed by atoms with Gasteiger partial charge in [-0.2, -0.15) is 13.2 Å². The third kappa shape index (κ3) is 8.01. The highest BCUT2D eigenvalue weighted by Gasteiger charge is 2.38. The van der Waals surface area contributed by atoms with Crippen LogP contribution < -0.4 is 16.3 Å². The van der Waals surface area contributed by atoms with E-state index >= 15 is 4.39 Å². The van der Waals surface area contributed by atoms with E-state index in [9.17, 15) is 37.5 Å². The van der Waals surface area contributed by atoms with E-state index in [1.165, 1.54) is 20.5 Å². The van der Waals surface area contributed by atoms with E-state index in [0.717, 1.165) is 59.8 Å². The van der Waals surface area contributed by atoms with Gasteiger partial charge in [0, 0.05) is 55.8 Å². The lowest BCUT2D eigenvalue weighted by Crippen LogP contribution is -2.44. The molecule has 5 heterocycles. The lowest BCUT2D eigenvalue weighted by molar-refractivity contribution is -0.145. The molecule has 2 aromatic carbocycles. The minimum Gasteiger partial charge on any atom is -0.386 e. The molecule has 2 saturated heterocycles. The maximum absolute atomic E-state index is 16.2. The van der Waals surface area contributed by atoms with Crippen LogP contribution in [0.5, 0.6) is 0 Å². The number of fused-ring (bicyclic) bond motifs is 2. The fourth-order valence-corrected chi connectivity index (χ4v) is 10.2. The van der Waals surface area contributed by atoms with Gasteiger partial charge in [-0.25, -0.2) is 24.1 Å². The molecule has 1 unspecified atom stereocenters. The van der Waals surface area contributed by atoms with E-state index in [-0.39, 0.29) is 42.6 Å². The van der Waals surface area contributed by atoms with Crippen molar-refractivity contribution in [1.82, 2.24) is 34.3 Å². The van der Waals surface area contributed by atoms with Gasteiger partial charge in [0.05, 0.1) is 31.9 Å². The van der Waals surface area contributed by atoms with E-state index in [0.29, 0.717) is 41.0 Å². The SMILES string of the molecule is Cn1c(=O)n(C2CCC(=O)NC2=O)c2cccc([C@@H]3CCN(CC4CCC(c5nc6cc(C(C)(C)O)c(NC(=O)c7ccnc(C(F)(F)F)n7)cc6s5)CC4)C[C@H]3F)c21. The van der Waals surface area contributed by atoms with Gasteiger partial charge in [0.25, 0.3) is 5.91 Å². The van der Waals surface area contributed by atoms with E-state index in [2.05, 4.69) is 25.5 Å². The quantitative estimate of drug-likeness (QED) is 0.120. The van der Waals surface area contributed by atoms with Crippen molar-refractivity contribution in [3.8, 4) is 0 Å². The summed E-state index contributed by atoms with van der Waals surface area (Å²) in [5, 5.41) is 16.9. The third-order valence-electron chi connectivity index (χ3n) is 12.0. The predicted octanol–water partition coefficient (Wildman–Crippen LogP) is 6.32. The number of nitrogens with one attached hydrogen (secondary N) is 2. The monoisotopic (exact) mass is 836 g/mol. The molecule has 2 aliphatic heterocycles. The number of hydrogen-bond acceptors (Lipinski definition) is 10. The number of piperidine rings is 2. The number of imidazole rings is 1. The lowest BCUT2D eigenvalue weighted by Gasteiger charge is -2.38. The van der Waals surface area contributed by atoms with Gasteiger partial charge in [-0.3, -0.25) is 28.8 Å². The van der Waals surface area contributed by atoms with Crippen LogP contribution >= 0.6 is 11.3 Å². The van der Waals surface area contributed by atoms with Crippen molar-refractivity contribution in [2.45, 2.75) is 94.6 Å². The Bertz CT molecular complexity index is 2520. The minimum atomic E-state index is -4.82. The van der Waals surface area contributed by atoms with Gasteiger partial charge in [0.15, 0.2) is 0 Å². The number of carbonyl (C=O) groups is 3. The van der Waals surface area contributed by atoms with Crippen LogP contribution in [0, 0.1) is 5.92 Å². The third-order valence-corrected chi connectivity index (χ3v) is 13.2. The number of halogens is 4. The number of thiazole rings is 1. The second-order valence-corrected chi connectivity index (χ2v) is 17.5. The van der Waals surface area contributed by atoms with E-state index < -0.39 is 53.2 Å². The normalized spacial score (nSPS) is 23.5. The molecule has 3 aromatic heterocycles. The Hall–Kier alpha value is -5.07. The molecular weight excluding hydrogens is 793 g/mol. The molecule has 8 rings (SSSR count). The maximum atomic E-state index is 16.2. The van der Waals surface area contributed by atoms with Crippen LogP contribution in [0.15, 0.2) is 47.4 Å². The molecule has 0 radical (unpaired) electrons. The molecule has 312 valence electrons. The van der Waals surface area contributed by atoms with E-state index in [4.69, 9.17) is 4.98 Å². The summed E-state index contributed by atoms with van der Waals surface area (Å²) in [4.78, 5) is 64.7. The largest absolute Gasteiger partial charge is 0.451 e. The van der Waals surface area contributed by atoms with Gasteiger partial charge < -0.3 is 15.3 Å². The summed E-state index contributed by atoms with van der Waals surface area (Å²) >= 11 is 1.48. The van der Waals surface area contributed by atoms with Crippen molar-refractivity contribution in [3.63, 3.8) is 0 Å². The first-order valence-electron chi connectivity index (χ1n) is 19.7. The van der Waals surface area contributed by atoms with Crippen LogP contribution in [0.4, 0.5) is 23.2 Å². The van der Waals surface area contributed by atoms with Gasteiger partial charge >= 0.3 is 11.9 Å². The fraction of sp³-hybridized carbons (Fsp3) is 0.488. The second-order valence-electron chi connectivity index (χ2n) is 16.5. The standard InChI is InChI=1S/C41H44F4N8O5S/c1-40(2,58)25-17-29-32(18-28(25)47-35(55)27-13-15-46-38(49-27)41(43,44)45)59-37(48-29)22-9-7-21(8-10-22)19-52-16-14-23(26(42)20-52)24-5-4-6-30-34(24)51(3)39(57)53(30)31-11-12-33(54)50-36(31)56/h4-6,13,15,17-18,21-23,26,31,58H,7-12,14,16,19-20H2,1-3H3,(H,47,55)(H,50,54,56)/t21?,22?,23-,26+,31?/m0/s1. The molecule has 0 bridgehead atoms. The molecule has 0 spiro atoms. The smallest absolute Gasteiger partial charge is 0.386 e. The molecule has 13 nitrogen and oxygen atoms in total. The molecule has 5 aromatic rings. The Morgan fingerprint density at radius 1 is 1.03 bits per heavy atom. The van der Waals surface area contributed by atoms with Crippen LogP contribution in [-0.2, 0) is 28.4 Å². The van der Waals surface area contributed by atoms with E-state index in [1.54, 1.807) is 45.2 Å². The molecule has 1 saturated carbocycles. The van der Waals surface area contributed by atoms with Crippen molar-refractivity contribution in [1.29, 1.82) is 0 Å². The zero-order valence-corrected chi connectivity index (χ0v) is 33.5. The molecule has 1 aliphatic carbocycles. The van der Waals surface area contributed by atoms with Crippen LogP contribution in [-0.4, -0.2) is 77.6 Å². The summed E-state index contributed by atoms with van der Waals surface area (Å²) in [6.07, 6.45) is -0.543. The number of nitrogens with zero attached hydrogens (tertiary/aromatic N) is 6. The number of imide groups is 1. The zero-order valence-electron chi connectivity index (χ0n) is 32.7. The predicted molar refractivity (Wildman–Crippen MR) is 212 cm³/mol. The fourth-order valence-electron chi connectivity index (χ4n) is 9.02. The lowest BCUT2D eigenvalue weighted by atomic mass is 9.81. The summed E-state index contributed by atoms with van der Waals surface area (Å²) in [5.41, 5.74) is 0.883. The highest BCUT2D eigenvalue weighted by atomic mass is 32.1. The van der Waals surface area contributed by atoms with Gasteiger partial charge in [-0.05, 0) is 94.7 Å². The first-order valence-corrected chi connectivity index (χ1v) is 20.6. The number of benzene rings is 2. The number of aryl methyl sites for hydroxylation is 1. The number of para-hydroxylation sites is 1. The Morgan fingerprint density at radius 2 is 1.80 bits per heavy atom. The van der Waals surface area contributed by atoms with E-state index in [1.807, 2.05) is 6.07 Å². The Labute approximate surface area is 339 Å². The van der Waals surface area contributed by atoms with Crippen LogP contribution in [0.1, 0.15) is 109 Å². The molecule has 3 aliphatic rings. The average Bonchev–Trinajstić information content (AvgIpc) is 3.71. The highest BCUT2D eigenvalue weighted by molar-refractivity contribution is 7.18. The van der Waals surface area contributed by atoms with Crippen LogP contribution in [0.3, 0.4) is 0 Å². The number of aliphatic hydroxyl groups is 1. The second kappa shape index (κ2) is 15.5. The molecule has 18 heteroatoms. The first-order chi connectivity index (χ1) is 28.0. The van der Waals surface area contributed by atoms with Crippen molar-refractivity contribution in [2.75, 3.05) is 25.0 Å². The topological polar surface area (TPSA) is 164 Å². The Morgan fingerprint density at radius 3 is 2.49 bits per heavy atom. The maximum Gasteiger partial charge on any atom is 0.451 e. The van der Waals surface area contributed by atoms with Crippen LogP contribution in [0.25, 0.3) is 21.3 Å². The highest BCUT2D eigenvalue weighted by Crippen LogP contribution is 2.43. The Kier molecular flexibility index (Phi) is 10.7. The molecular formula is C41H44F4N8O5S. The molecule has 3 N–H and O–H groups in total. The van der Waals surface area contributed by atoms with Crippen molar-refractivity contribution in [3.05, 3.63) is 80.7 Å². The zero-order chi connectivity index (χ0) is 42.0. The first kappa shape index (κ1) is 40.7. The number of aromatic nitrogens is 5. The summed E-state index contributed by atoms with van der Waals surface area (Å²) in [5.74, 6) is -3.04. The number of amides is 3. The summed E-state index contributed by atoms with van der Waals surface area (Å²) in [7, 11) is 1.64. The molecule has 3 amide bonds. The summed E-state index contributed by atoms with van der Waals surface area (Å²) in [6.45, 7) is 4.83. The summed E-state index contributed by atoms with van der Waals surface area (Å²) < 4.78 is 59.4. The number of anilines is 1. The molecule has 59 heavy (non-hydrogen) atoms. The number of hydrogen-bond donors (Lipinski definition) is 3. The number of rotatable bonds is 8. The van der Waals surface area contributed by atoms with Gasteiger partial charge in [-0.15, -0.1) is 11.3 Å². The van der Waals surface area contributed by atoms with Gasteiger partial charge in [-0.1, -0.05) is 12.1 Å². The number of carbonyl (C=O) groups excluding carboxylic acids is 3. The van der Waals surface area contributed by atoms with Crippen molar-refractivity contribution >= 4 is 56.0 Å². The van der Waals surface area contributed by atoms with Gasteiger partial charge in [0.1, 0.15) is 17.9 Å². The minimum absolute atomic E-state index is 0.137. The summed E-state index contributed by atoms with van der Waals surface area (Å²) in [6, 6.07) is 9.09. The van der Waals surface area contributed by atoms with Gasteiger partial charge in [0.2, 0.25) is 17.6 Å². The molecule has 3 fully saturated rings.